The van der Waals surface area contributed by atoms with Crippen molar-refractivity contribution in [2.75, 3.05) is 13.1 Å². The number of carbonyl (C=O) groups excluding carboxylic acids is 2. The van der Waals surface area contributed by atoms with Gasteiger partial charge in [0.1, 0.15) is 5.54 Å². The van der Waals surface area contributed by atoms with Crippen LogP contribution in [0.5, 0.6) is 0 Å². The Kier molecular flexibility index (Phi) is 5.25. The van der Waals surface area contributed by atoms with Crippen molar-refractivity contribution >= 4 is 11.8 Å². The number of nitrogens with two attached hydrogens (primary N) is 1. The highest BCUT2D eigenvalue weighted by atomic mass is 16.2. The van der Waals surface area contributed by atoms with Gasteiger partial charge in [-0.3, -0.25) is 9.59 Å². The monoisotopic (exact) mass is 295 g/mol. The molecule has 3 N–H and O–H groups in total. The minimum absolute atomic E-state index is 0.106. The first-order valence-electron chi connectivity index (χ1n) is 8.28. The molecule has 5 heteroatoms. The second-order valence-corrected chi connectivity index (χ2v) is 6.84. The molecule has 2 atom stereocenters. The van der Waals surface area contributed by atoms with Crippen LogP contribution in [0.2, 0.25) is 0 Å². The molecule has 2 fully saturated rings. The number of nitrogens with zero attached hydrogens (tertiary/aromatic N) is 1. The van der Waals surface area contributed by atoms with Crippen molar-refractivity contribution in [3.8, 4) is 0 Å². The molecule has 0 spiro atoms. The molecule has 0 aromatic carbocycles. The van der Waals surface area contributed by atoms with Gasteiger partial charge in [-0.05, 0) is 38.5 Å². The van der Waals surface area contributed by atoms with Crippen LogP contribution in [0.1, 0.15) is 58.8 Å². The van der Waals surface area contributed by atoms with E-state index in [4.69, 9.17) is 5.73 Å². The maximum absolute atomic E-state index is 13.0. The van der Waals surface area contributed by atoms with Crippen molar-refractivity contribution in [1.29, 1.82) is 0 Å². The van der Waals surface area contributed by atoms with Gasteiger partial charge < -0.3 is 16.0 Å². The van der Waals surface area contributed by atoms with E-state index in [0.29, 0.717) is 5.92 Å². The van der Waals surface area contributed by atoms with Crippen molar-refractivity contribution in [1.82, 2.24) is 10.2 Å². The van der Waals surface area contributed by atoms with E-state index in [-0.39, 0.29) is 17.9 Å². The number of rotatable bonds is 3. The van der Waals surface area contributed by atoms with Crippen molar-refractivity contribution in [3.05, 3.63) is 0 Å². The zero-order valence-corrected chi connectivity index (χ0v) is 13.4. The van der Waals surface area contributed by atoms with E-state index >= 15 is 0 Å². The number of piperidine rings is 1. The van der Waals surface area contributed by atoms with Crippen LogP contribution in [0.4, 0.5) is 0 Å². The molecular formula is C16H29N3O2. The molecule has 2 rings (SSSR count). The summed E-state index contributed by atoms with van der Waals surface area (Å²) in [7, 11) is 0. The van der Waals surface area contributed by atoms with Gasteiger partial charge in [-0.1, -0.05) is 19.3 Å². The smallest absolute Gasteiger partial charge is 0.248 e. The van der Waals surface area contributed by atoms with Gasteiger partial charge in [-0.2, -0.15) is 0 Å². The molecule has 1 saturated heterocycles. The second kappa shape index (κ2) is 6.77. The summed E-state index contributed by atoms with van der Waals surface area (Å²) in [5.41, 5.74) is 5.35. The zero-order chi connectivity index (χ0) is 15.5. The van der Waals surface area contributed by atoms with Gasteiger partial charge in [0.05, 0.1) is 0 Å². The fourth-order valence-electron chi connectivity index (χ4n) is 3.81. The standard InChI is InChI=1S/C16H29N3O2/c1-12(17)14-7-6-10-19(11-14)15(21)16(18-13(2)20)8-4-3-5-9-16/h12,14H,3-11,17H2,1-2H3,(H,18,20). The summed E-state index contributed by atoms with van der Waals surface area (Å²) < 4.78 is 0. The number of nitrogens with one attached hydrogen (secondary N) is 1. The van der Waals surface area contributed by atoms with Gasteiger partial charge in [0.15, 0.2) is 0 Å². The van der Waals surface area contributed by atoms with E-state index in [9.17, 15) is 9.59 Å². The van der Waals surface area contributed by atoms with Crippen LogP contribution in [-0.4, -0.2) is 41.4 Å². The molecule has 0 aromatic heterocycles. The van der Waals surface area contributed by atoms with Gasteiger partial charge >= 0.3 is 0 Å². The normalized spacial score (nSPS) is 27.0. The molecule has 1 aliphatic heterocycles. The van der Waals surface area contributed by atoms with Gasteiger partial charge in [0, 0.05) is 26.1 Å². The van der Waals surface area contributed by atoms with Crippen LogP contribution in [0, 0.1) is 5.92 Å². The number of hydrogen-bond donors (Lipinski definition) is 2. The average Bonchev–Trinajstić information content (AvgIpc) is 2.47. The maximum atomic E-state index is 13.0. The fraction of sp³-hybridized carbons (Fsp3) is 0.875. The number of carbonyl (C=O) groups is 2. The molecule has 0 bridgehead atoms. The lowest BCUT2D eigenvalue weighted by atomic mass is 9.79. The summed E-state index contributed by atoms with van der Waals surface area (Å²) in [4.78, 5) is 26.6. The Morgan fingerprint density at radius 1 is 1.24 bits per heavy atom. The summed E-state index contributed by atoms with van der Waals surface area (Å²) in [6.07, 6.45) is 6.81. The van der Waals surface area contributed by atoms with Crippen LogP contribution in [0.25, 0.3) is 0 Å². The highest BCUT2D eigenvalue weighted by Gasteiger charge is 2.43. The lowest BCUT2D eigenvalue weighted by Crippen LogP contribution is -2.62. The van der Waals surface area contributed by atoms with E-state index in [1.54, 1.807) is 0 Å². The summed E-state index contributed by atoms with van der Waals surface area (Å²) in [6, 6.07) is 0.115. The largest absolute Gasteiger partial charge is 0.342 e. The minimum atomic E-state index is -0.663. The Balaban J connectivity index is 2.12. The highest BCUT2D eigenvalue weighted by molar-refractivity contribution is 5.91. The van der Waals surface area contributed by atoms with Crippen molar-refractivity contribution < 1.29 is 9.59 Å². The molecule has 2 unspecified atom stereocenters. The van der Waals surface area contributed by atoms with E-state index in [0.717, 1.165) is 58.0 Å². The summed E-state index contributed by atoms with van der Waals surface area (Å²) >= 11 is 0. The Bertz CT molecular complexity index is 389. The van der Waals surface area contributed by atoms with E-state index in [1.807, 2.05) is 11.8 Å². The zero-order valence-electron chi connectivity index (χ0n) is 13.4. The van der Waals surface area contributed by atoms with Gasteiger partial charge in [-0.25, -0.2) is 0 Å². The predicted molar refractivity (Wildman–Crippen MR) is 82.6 cm³/mol. The maximum Gasteiger partial charge on any atom is 0.248 e. The van der Waals surface area contributed by atoms with Gasteiger partial charge in [0.25, 0.3) is 0 Å². The van der Waals surface area contributed by atoms with Crippen molar-refractivity contribution in [2.45, 2.75) is 70.4 Å². The average molecular weight is 295 g/mol. The lowest BCUT2D eigenvalue weighted by molar-refractivity contribution is -0.144. The third-order valence-corrected chi connectivity index (χ3v) is 5.02. The quantitative estimate of drug-likeness (QED) is 0.826. The molecule has 2 amide bonds. The minimum Gasteiger partial charge on any atom is -0.342 e. The third-order valence-electron chi connectivity index (χ3n) is 5.02. The molecule has 1 aliphatic carbocycles. The van der Waals surface area contributed by atoms with E-state index in [2.05, 4.69) is 5.32 Å². The van der Waals surface area contributed by atoms with Crippen LogP contribution < -0.4 is 11.1 Å². The van der Waals surface area contributed by atoms with Crippen molar-refractivity contribution in [2.24, 2.45) is 11.7 Å². The van der Waals surface area contributed by atoms with Gasteiger partial charge in [-0.15, -0.1) is 0 Å². The molecule has 5 nitrogen and oxygen atoms in total. The van der Waals surface area contributed by atoms with E-state index < -0.39 is 5.54 Å². The number of hydrogen-bond acceptors (Lipinski definition) is 3. The lowest BCUT2D eigenvalue weighted by Gasteiger charge is -2.43. The number of amides is 2. The highest BCUT2D eigenvalue weighted by Crippen LogP contribution is 2.32. The molecule has 0 radical (unpaired) electrons. The SMILES string of the molecule is CC(=O)NC1(C(=O)N2CCCC(C(C)N)C2)CCCCC1. The predicted octanol–water partition coefficient (Wildman–Crippen LogP) is 1.41. The molecule has 1 saturated carbocycles. The second-order valence-electron chi connectivity index (χ2n) is 6.84. The van der Waals surface area contributed by atoms with Crippen LogP contribution in [0.15, 0.2) is 0 Å². The van der Waals surface area contributed by atoms with E-state index in [1.165, 1.54) is 6.92 Å². The molecule has 2 aliphatic rings. The number of likely N-dealkylation sites (tertiary alicyclic amines) is 1. The van der Waals surface area contributed by atoms with Crippen LogP contribution in [-0.2, 0) is 9.59 Å². The molecule has 0 aromatic rings. The fourth-order valence-corrected chi connectivity index (χ4v) is 3.81. The topological polar surface area (TPSA) is 75.4 Å². The Morgan fingerprint density at radius 3 is 2.48 bits per heavy atom. The molecule has 1 heterocycles. The molecule has 21 heavy (non-hydrogen) atoms. The summed E-state index contributed by atoms with van der Waals surface area (Å²) in [5.74, 6) is 0.384. The van der Waals surface area contributed by atoms with Crippen LogP contribution >= 0.6 is 0 Å². The Morgan fingerprint density at radius 2 is 1.90 bits per heavy atom. The Labute approximate surface area is 127 Å². The van der Waals surface area contributed by atoms with Crippen LogP contribution in [0.3, 0.4) is 0 Å². The Hall–Kier alpha value is -1.10. The molecule has 120 valence electrons. The summed E-state index contributed by atoms with van der Waals surface area (Å²) in [5, 5.41) is 2.97. The first-order valence-corrected chi connectivity index (χ1v) is 8.28. The first kappa shape index (κ1) is 16.3. The third kappa shape index (κ3) is 3.76. The first-order chi connectivity index (χ1) is 9.94. The summed E-state index contributed by atoms with van der Waals surface area (Å²) in [6.45, 7) is 5.05. The molecular weight excluding hydrogens is 266 g/mol. The van der Waals surface area contributed by atoms with Crippen molar-refractivity contribution in [3.63, 3.8) is 0 Å². The van der Waals surface area contributed by atoms with Gasteiger partial charge in [0.2, 0.25) is 11.8 Å².